The van der Waals surface area contributed by atoms with Gasteiger partial charge in [-0.1, -0.05) is 33.8 Å². The van der Waals surface area contributed by atoms with E-state index in [9.17, 15) is 13.2 Å². The summed E-state index contributed by atoms with van der Waals surface area (Å²) in [5, 5.41) is 0.0452. The van der Waals surface area contributed by atoms with E-state index in [1.165, 1.54) is 19.7 Å². The highest BCUT2D eigenvalue weighted by Gasteiger charge is 2.37. The molecule has 0 fully saturated rings. The number of hydrogen-bond donors (Lipinski definition) is 1. The number of rotatable bonds is 4. The first-order valence-corrected chi connectivity index (χ1v) is 7.53. The Morgan fingerprint density at radius 2 is 1.87 bits per heavy atom. The van der Waals surface area contributed by atoms with Crippen LogP contribution in [0.5, 0.6) is 0 Å². The Bertz CT molecular complexity index is 691. The Morgan fingerprint density at radius 1 is 1.22 bits per heavy atom. The topological polar surface area (TPSA) is 37.9 Å². The van der Waals surface area contributed by atoms with Crippen LogP contribution in [0, 0.1) is 5.41 Å². The second kappa shape index (κ2) is 5.85. The second-order valence-corrected chi connectivity index (χ2v) is 6.94. The predicted molar refractivity (Wildman–Crippen MR) is 85.7 cm³/mol. The number of hydrogen-bond acceptors (Lipinski definition) is 2. The number of alkyl halides is 3. The van der Waals surface area contributed by atoms with E-state index in [0.717, 1.165) is 12.6 Å². The van der Waals surface area contributed by atoms with E-state index in [1.807, 2.05) is 13.8 Å². The summed E-state index contributed by atoms with van der Waals surface area (Å²) in [7, 11) is 1.49. The molecule has 2 aromatic rings. The number of pyridine rings is 1. The minimum atomic E-state index is -4.41. The fourth-order valence-electron chi connectivity index (χ4n) is 2.31. The van der Waals surface area contributed by atoms with E-state index in [4.69, 9.17) is 4.65 Å². The van der Waals surface area contributed by atoms with Gasteiger partial charge in [0, 0.05) is 17.8 Å². The van der Waals surface area contributed by atoms with Crippen molar-refractivity contribution in [3.8, 4) is 0 Å². The molecule has 3 nitrogen and oxygen atoms in total. The maximum absolute atomic E-state index is 13.0. The highest BCUT2D eigenvalue weighted by Crippen LogP contribution is 2.36. The van der Waals surface area contributed by atoms with Gasteiger partial charge in [0.2, 0.25) is 0 Å². The van der Waals surface area contributed by atoms with Crippen molar-refractivity contribution in [3.05, 3.63) is 24.0 Å². The monoisotopic (exact) mass is 325 g/mol. The lowest BCUT2D eigenvalue weighted by Crippen LogP contribution is -2.44. The second-order valence-electron chi connectivity index (χ2n) is 6.94. The molecule has 0 bridgehead atoms. The van der Waals surface area contributed by atoms with Gasteiger partial charge >= 0.3 is 13.7 Å². The summed E-state index contributed by atoms with van der Waals surface area (Å²) in [5.41, 5.74) is -0.534. The molecule has 0 aliphatic rings. The molecule has 2 heterocycles. The molecule has 2 rings (SSSR count). The fourth-order valence-corrected chi connectivity index (χ4v) is 2.31. The van der Waals surface area contributed by atoms with Gasteiger partial charge in [-0.3, -0.25) is 0 Å². The minimum Gasteiger partial charge on any atom is -0.429 e. The Hall–Kier alpha value is -1.50. The van der Waals surface area contributed by atoms with Crippen molar-refractivity contribution in [2.75, 3.05) is 0 Å². The number of H-pyrrole nitrogens is 1. The zero-order chi connectivity index (χ0) is 17.5. The zero-order valence-electron chi connectivity index (χ0n) is 14.0. The first-order valence-electron chi connectivity index (χ1n) is 7.53. The van der Waals surface area contributed by atoms with Crippen molar-refractivity contribution in [1.29, 1.82) is 0 Å². The van der Waals surface area contributed by atoms with Crippen molar-refractivity contribution in [2.45, 2.75) is 52.8 Å². The van der Waals surface area contributed by atoms with Crippen molar-refractivity contribution >= 4 is 24.0 Å². The van der Waals surface area contributed by atoms with Gasteiger partial charge in [-0.25, -0.2) is 4.98 Å². The van der Waals surface area contributed by atoms with Crippen LogP contribution in [0.2, 0.25) is 0 Å². The summed E-state index contributed by atoms with van der Waals surface area (Å²) >= 11 is 0. The molecule has 2 aromatic heterocycles. The van der Waals surface area contributed by atoms with Gasteiger partial charge in [-0.05, 0) is 24.2 Å². The molecule has 125 valence electrons. The first kappa shape index (κ1) is 17.9. The molecule has 1 unspecified atom stereocenters. The molecular formula is C16H21BF3N2O. The first-order chi connectivity index (χ1) is 10.5. The van der Waals surface area contributed by atoms with Crippen molar-refractivity contribution in [3.63, 3.8) is 0 Å². The van der Waals surface area contributed by atoms with Crippen LogP contribution in [0.15, 0.2) is 18.5 Å². The van der Waals surface area contributed by atoms with Crippen LogP contribution in [-0.2, 0) is 10.8 Å². The third-order valence-corrected chi connectivity index (χ3v) is 4.57. The maximum atomic E-state index is 13.0. The van der Waals surface area contributed by atoms with Crippen LogP contribution in [0.25, 0.3) is 11.0 Å². The van der Waals surface area contributed by atoms with Crippen LogP contribution in [-0.4, -0.2) is 23.1 Å². The van der Waals surface area contributed by atoms with Crippen molar-refractivity contribution in [1.82, 2.24) is 9.97 Å². The Morgan fingerprint density at radius 3 is 2.39 bits per heavy atom. The molecule has 1 N–H and O–H groups in total. The summed E-state index contributed by atoms with van der Waals surface area (Å²) in [6.07, 6.45) is -1.20. The maximum Gasteiger partial charge on any atom is 0.418 e. The minimum absolute atomic E-state index is 0.0452. The molecule has 0 spiro atoms. The Kier molecular flexibility index (Phi) is 4.54. The van der Waals surface area contributed by atoms with E-state index < -0.39 is 17.3 Å². The van der Waals surface area contributed by atoms with Gasteiger partial charge in [0.15, 0.2) is 0 Å². The summed E-state index contributed by atoms with van der Waals surface area (Å²) in [6.45, 7) is 10.2. The number of fused-ring (bicyclic) bond motifs is 1. The molecule has 0 aliphatic carbocycles. The SMILES string of the molecule is CCC(C)(O[B]c1cnc2[nH]cc(C(F)(F)F)c2c1)C(C)(C)C. The molecule has 7 heteroatoms. The van der Waals surface area contributed by atoms with Crippen LogP contribution in [0.1, 0.15) is 46.6 Å². The highest BCUT2D eigenvalue weighted by molar-refractivity contribution is 6.47. The number of aromatic amines is 1. The zero-order valence-corrected chi connectivity index (χ0v) is 14.0. The average molecular weight is 325 g/mol. The lowest BCUT2D eigenvalue weighted by Gasteiger charge is -2.41. The van der Waals surface area contributed by atoms with Gasteiger partial charge in [-0.2, -0.15) is 13.2 Å². The molecule has 0 amide bonds. The van der Waals surface area contributed by atoms with Gasteiger partial charge in [-0.15, -0.1) is 0 Å². The lowest BCUT2D eigenvalue weighted by atomic mass is 9.74. The fraction of sp³-hybridized carbons (Fsp3) is 0.562. The average Bonchev–Trinajstić information content (AvgIpc) is 2.86. The normalized spacial score (nSPS) is 15.7. The van der Waals surface area contributed by atoms with E-state index in [-0.39, 0.29) is 16.4 Å². The molecular weight excluding hydrogens is 304 g/mol. The van der Waals surface area contributed by atoms with E-state index >= 15 is 0 Å². The Labute approximate surface area is 134 Å². The smallest absolute Gasteiger partial charge is 0.418 e. The third kappa shape index (κ3) is 3.55. The highest BCUT2D eigenvalue weighted by atomic mass is 19.4. The largest absolute Gasteiger partial charge is 0.429 e. The summed E-state index contributed by atoms with van der Waals surface area (Å²) in [5.74, 6) is 0. The molecule has 1 radical (unpaired) electrons. The van der Waals surface area contributed by atoms with Crippen LogP contribution < -0.4 is 5.46 Å². The van der Waals surface area contributed by atoms with E-state index in [0.29, 0.717) is 5.46 Å². The van der Waals surface area contributed by atoms with Crippen molar-refractivity contribution in [2.24, 2.45) is 5.41 Å². The molecule has 0 aliphatic heterocycles. The number of halogens is 3. The Balaban J connectivity index is 2.28. The summed E-state index contributed by atoms with van der Waals surface area (Å²) in [4.78, 5) is 6.58. The number of nitrogens with zero attached hydrogens (tertiary/aromatic N) is 1. The summed E-state index contributed by atoms with van der Waals surface area (Å²) < 4.78 is 44.9. The number of nitrogens with one attached hydrogen (secondary N) is 1. The quantitative estimate of drug-likeness (QED) is 0.861. The molecule has 0 saturated heterocycles. The van der Waals surface area contributed by atoms with Crippen LogP contribution in [0.4, 0.5) is 13.2 Å². The van der Waals surface area contributed by atoms with Gasteiger partial charge in [0.25, 0.3) is 0 Å². The van der Waals surface area contributed by atoms with E-state index in [1.54, 1.807) is 0 Å². The van der Waals surface area contributed by atoms with Crippen LogP contribution in [0.3, 0.4) is 0 Å². The predicted octanol–water partition coefficient (Wildman–Crippen LogP) is 4.06. The van der Waals surface area contributed by atoms with E-state index in [2.05, 4.69) is 30.7 Å². The lowest BCUT2D eigenvalue weighted by molar-refractivity contribution is -0.136. The molecule has 0 aromatic carbocycles. The van der Waals surface area contributed by atoms with Crippen LogP contribution >= 0.6 is 0 Å². The van der Waals surface area contributed by atoms with Gasteiger partial charge in [0.1, 0.15) is 5.65 Å². The summed E-state index contributed by atoms with van der Waals surface area (Å²) in [6, 6.07) is 1.44. The number of aromatic nitrogens is 2. The molecule has 1 atom stereocenters. The van der Waals surface area contributed by atoms with Crippen molar-refractivity contribution < 1.29 is 17.8 Å². The van der Waals surface area contributed by atoms with Gasteiger partial charge < -0.3 is 9.64 Å². The third-order valence-electron chi connectivity index (χ3n) is 4.57. The molecule has 0 saturated carbocycles. The standard InChI is InChI=1S/C16H21BF3N2O/c1-6-15(5,14(2,3)4)23-17-10-7-11-12(16(18,19)20)9-22-13(11)21-8-10/h7-9H,6H2,1-5H3,(H,21,22). The molecule has 23 heavy (non-hydrogen) atoms. The van der Waals surface area contributed by atoms with Gasteiger partial charge in [0.05, 0.1) is 11.2 Å².